The molecule has 0 spiro atoms. The number of halogens is 1. The average molecular weight is 569 g/mol. The molecule has 1 heterocycles. The Morgan fingerprint density at radius 1 is 0.805 bits per heavy atom. The lowest BCUT2D eigenvalue weighted by Gasteiger charge is -2.30. The first-order valence-electron chi connectivity index (χ1n) is 13.6. The molecular weight excluding hydrogens is 532 g/mol. The summed E-state index contributed by atoms with van der Waals surface area (Å²) in [7, 11) is 8.03. The number of para-hydroxylation sites is 1. The Kier molecular flexibility index (Phi) is 8.88. The zero-order valence-corrected chi connectivity index (χ0v) is 24.9. The third-order valence-electron chi connectivity index (χ3n) is 7.78. The van der Waals surface area contributed by atoms with Gasteiger partial charge in [0.15, 0.2) is 0 Å². The van der Waals surface area contributed by atoms with Crippen LogP contribution in [0.15, 0.2) is 114 Å². The van der Waals surface area contributed by atoms with E-state index in [0.717, 1.165) is 23.6 Å². The predicted molar refractivity (Wildman–Crippen MR) is 162 cm³/mol. The summed E-state index contributed by atoms with van der Waals surface area (Å²) in [6.07, 6.45) is 0. The lowest BCUT2D eigenvalue weighted by atomic mass is 9.80. The van der Waals surface area contributed by atoms with Gasteiger partial charge in [0.2, 0.25) is 0 Å². The maximum atomic E-state index is 14.1. The summed E-state index contributed by atoms with van der Waals surface area (Å²) >= 11 is 0. The van der Waals surface area contributed by atoms with Crippen molar-refractivity contribution in [3.05, 3.63) is 147 Å². The lowest BCUT2D eigenvalue weighted by Crippen LogP contribution is -3.00. The third kappa shape index (κ3) is 5.59. The molecule has 0 aliphatic rings. The quantitative estimate of drug-likeness (QED) is 0.296. The Hall–Kier alpha value is -4.10. The van der Waals surface area contributed by atoms with Gasteiger partial charge < -0.3 is 27.3 Å². The van der Waals surface area contributed by atoms with E-state index in [1.165, 1.54) is 10.5 Å². The first-order valence-corrected chi connectivity index (χ1v) is 13.6. The van der Waals surface area contributed by atoms with E-state index in [1.807, 2.05) is 116 Å². The van der Waals surface area contributed by atoms with Crippen molar-refractivity contribution in [1.29, 1.82) is 0 Å². The highest BCUT2D eigenvalue weighted by atomic mass is 35.5. The molecule has 2 N–H and O–H groups in total. The minimum Gasteiger partial charge on any atom is -1.00 e. The SMILES string of the molecule is Cc1c(C(O)(c2ccc(N(C)Cc3ccccc3)cc2)c2ccc([NH+](C)C)cc2)c(=O)n(-c2ccccc2)n1C.[Cl-]. The number of aromatic nitrogens is 2. The first-order chi connectivity index (χ1) is 19.2. The van der Waals surface area contributed by atoms with Gasteiger partial charge in [0.25, 0.3) is 5.56 Å². The van der Waals surface area contributed by atoms with Gasteiger partial charge in [0, 0.05) is 32.0 Å². The minimum atomic E-state index is -1.66. The largest absolute Gasteiger partial charge is 1.00 e. The van der Waals surface area contributed by atoms with Crippen LogP contribution in [0.3, 0.4) is 0 Å². The number of hydrogen-bond acceptors (Lipinski definition) is 3. The number of aliphatic hydroxyl groups is 1. The molecule has 1 aromatic heterocycles. The molecule has 4 aromatic carbocycles. The molecule has 6 nitrogen and oxygen atoms in total. The third-order valence-corrected chi connectivity index (χ3v) is 7.78. The van der Waals surface area contributed by atoms with Gasteiger partial charge in [-0.25, -0.2) is 4.68 Å². The summed E-state index contributed by atoms with van der Waals surface area (Å²) in [4.78, 5) is 17.5. The molecule has 5 aromatic rings. The van der Waals surface area contributed by atoms with E-state index in [2.05, 4.69) is 38.2 Å². The number of nitrogens with zero attached hydrogens (tertiary/aromatic N) is 3. The van der Waals surface area contributed by atoms with E-state index >= 15 is 0 Å². The molecule has 41 heavy (non-hydrogen) atoms. The van der Waals surface area contributed by atoms with Crippen LogP contribution in [0.1, 0.15) is 27.9 Å². The van der Waals surface area contributed by atoms with Crippen LogP contribution in [0.4, 0.5) is 11.4 Å². The second-order valence-electron chi connectivity index (χ2n) is 10.6. The van der Waals surface area contributed by atoms with Crippen LogP contribution in [0.2, 0.25) is 0 Å². The van der Waals surface area contributed by atoms with Crippen molar-refractivity contribution in [2.75, 3.05) is 26.0 Å². The maximum absolute atomic E-state index is 14.1. The summed E-state index contributed by atoms with van der Waals surface area (Å²) in [6, 6.07) is 35.6. The molecule has 212 valence electrons. The summed E-state index contributed by atoms with van der Waals surface area (Å²) < 4.78 is 3.44. The Balaban J connectivity index is 0.00000387. The highest BCUT2D eigenvalue weighted by Gasteiger charge is 2.40. The number of rotatable bonds is 8. The second-order valence-corrected chi connectivity index (χ2v) is 10.6. The molecular formula is C34H37ClN4O2. The molecule has 0 amide bonds. The van der Waals surface area contributed by atoms with Crippen molar-refractivity contribution in [1.82, 2.24) is 9.36 Å². The smallest absolute Gasteiger partial charge is 0.278 e. The summed E-state index contributed by atoms with van der Waals surface area (Å²) in [5.41, 5.74) is 4.50. The van der Waals surface area contributed by atoms with Gasteiger partial charge in [-0.3, -0.25) is 9.48 Å². The van der Waals surface area contributed by atoms with E-state index < -0.39 is 5.60 Å². The van der Waals surface area contributed by atoms with Gasteiger partial charge in [0.1, 0.15) is 11.3 Å². The van der Waals surface area contributed by atoms with Crippen LogP contribution < -0.4 is 27.8 Å². The van der Waals surface area contributed by atoms with Gasteiger partial charge in [-0.15, -0.1) is 0 Å². The Bertz CT molecular complexity index is 1640. The number of benzene rings is 4. The molecule has 0 bridgehead atoms. The number of hydrogen-bond donors (Lipinski definition) is 2. The molecule has 5 rings (SSSR count). The Morgan fingerprint density at radius 3 is 1.85 bits per heavy atom. The van der Waals surface area contributed by atoms with Gasteiger partial charge in [-0.05, 0) is 72.1 Å². The fraction of sp³-hybridized carbons (Fsp3) is 0.206. The zero-order valence-electron chi connectivity index (χ0n) is 24.2. The predicted octanol–water partition coefficient (Wildman–Crippen LogP) is 1.19. The van der Waals surface area contributed by atoms with E-state index in [4.69, 9.17) is 0 Å². The van der Waals surface area contributed by atoms with Crippen LogP contribution in [0, 0.1) is 6.92 Å². The Morgan fingerprint density at radius 2 is 1.32 bits per heavy atom. The Labute approximate surface area is 248 Å². The highest BCUT2D eigenvalue weighted by molar-refractivity contribution is 5.55. The van der Waals surface area contributed by atoms with Crippen molar-refractivity contribution in [3.63, 3.8) is 0 Å². The normalized spacial score (nSPS) is 12.6. The summed E-state index contributed by atoms with van der Waals surface area (Å²) in [5, 5.41) is 12.7. The average Bonchev–Trinajstić information content (AvgIpc) is 3.21. The molecule has 0 fully saturated rings. The number of quaternary nitrogens is 1. The fourth-order valence-electron chi connectivity index (χ4n) is 5.39. The topological polar surface area (TPSA) is 54.8 Å². The molecule has 0 radical (unpaired) electrons. The molecule has 0 aliphatic heterocycles. The van der Waals surface area contributed by atoms with Gasteiger partial charge in [-0.1, -0.05) is 60.7 Å². The van der Waals surface area contributed by atoms with E-state index in [9.17, 15) is 9.90 Å². The monoisotopic (exact) mass is 568 g/mol. The van der Waals surface area contributed by atoms with Crippen molar-refractivity contribution in [3.8, 4) is 5.69 Å². The van der Waals surface area contributed by atoms with E-state index in [1.54, 1.807) is 4.68 Å². The highest BCUT2D eigenvalue weighted by Crippen LogP contribution is 2.38. The van der Waals surface area contributed by atoms with Crippen molar-refractivity contribution >= 4 is 11.4 Å². The molecule has 0 saturated carbocycles. The summed E-state index contributed by atoms with van der Waals surface area (Å²) in [5.74, 6) is 0. The molecule has 0 saturated heterocycles. The number of nitrogens with one attached hydrogen (secondary N) is 1. The van der Waals surface area contributed by atoms with E-state index in [0.29, 0.717) is 22.4 Å². The van der Waals surface area contributed by atoms with Crippen LogP contribution >= 0.6 is 0 Å². The van der Waals surface area contributed by atoms with Crippen LogP contribution in [-0.2, 0) is 19.2 Å². The van der Waals surface area contributed by atoms with Gasteiger partial charge in [-0.2, -0.15) is 0 Å². The fourth-order valence-corrected chi connectivity index (χ4v) is 5.39. The zero-order chi connectivity index (χ0) is 28.4. The molecule has 0 aliphatic carbocycles. The molecule has 1 atom stereocenters. The lowest BCUT2D eigenvalue weighted by molar-refractivity contribution is -0.786. The minimum absolute atomic E-state index is 0. The number of anilines is 1. The van der Waals surface area contributed by atoms with Crippen LogP contribution in [0.25, 0.3) is 5.69 Å². The van der Waals surface area contributed by atoms with Crippen molar-refractivity contribution in [2.24, 2.45) is 7.05 Å². The molecule has 7 heteroatoms. The van der Waals surface area contributed by atoms with Gasteiger partial charge >= 0.3 is 0 Å². The van der Waals surface area contributed by atoms with Crippen molar-refractivity contribution < 1.29 is 22.4 Å². The van der Waals surface area contributed by atoms with Crippen LogP contribution in [-0.4, -0.2) is 35.6 Å². The standard InChI is InChI=1S/C34H36N4O2.ClH/c1-25-32(33(39)38(37(25)5)31-14-10-7-11-15-31)34(40,27-16-20-29(21-17-27)35(2)3)28-18-22-30(23-19-28)36(4)24-26-12-8-6-9-13-26;/h6-23,40H,24H2,1-5H3;1H. The second kappa shape index (κ2) is 12.2. The maximum Gasteiger partial charge on any atom is 0.278 e. The first kappa shape index (κ1) is 29.9. The van der Waals surface area contributed by atoms with Gasteiger partial charge in [0.05, 0.1) is 25.3 Å². The van der Waals surface area contributed by atoms with Crippen molar-refractivity contribution in [2.45, 2.75) is 19.1 Å². The molecule has 1 unspecified atom stereocenters. The van der Waals surface area contributed by atoms with E-state index in [-0.39, 0.29) is 18.0 Å². The summed E-state index contributed by atoms with van der Waals surface area (Å²) in [6.45, 7) is 2.65. The van der Waals surface area contributed by atoms with Crippen LogP contribution in [0.5, 0.6) is 0 Å².